The summed E-state index contributed by atoms with van der Waals surface area (Å²) in [7, 11) is -4.34. The predicted octanol–water partition coefficient (Wildman–Crippen LogP) is 1.56. The Balaban J connectivity index is 3.04. The summed E-state index contributed by atoms with van der Waals surface area (Å²) in [6.45, 7) is -0.894. The fraction of sp³-hybridized carbons (Fsp3) is 0.250. The molecule has 0 aliphatic rings. The van der Waals surface area contributed by atoms with E-state index in [1.165, 1.54) is 0 Å². The molecule has 0 bridgehead atoms. The van der Waals surface area contributed by atoms with E-state index in [1.807, 2.05) is 0 Å². The van der Waals surface area contributed by atoms with Crippen molar-refractivity contribution < 1.29 is 30.2 Å². The van der Waals surface area contributed by atoms with Crippen molar-refractivity contribution >= 4 is 10.3 Å². The van der Waals surface area contributed by atoms with Crippen molar-refractivity contribution in [1.29, 1.82) is 0 Å². The molecule has 0 heterocycles. The van der Waals surface area contributed by atoms with Crippen molar-refractivity contribution in [3.8, 4) is 0 Å². The van der Waals surface area contributed by atoms with Crippen LogP contribution in [-0.4, -0.2) is 8.42 Å². The zero-order chi connectivity index (χ0) is 13.3. The van der Waals surface area contributed by atoms with E-state index >= 15 is 0 Å². The molecule has 0 aliphatic carbocycles. The maximum atomic E-state index is 13.3. The lowest BCUT2D eigenvalue weighted by molar-refractivity contribution is -0.140. The first-order valence-corrected chi connectivity index (χ1v) is 5.60. The summed E-state index contributed by atoms with van der Waals surface area (Å²) in [4.78, 5) is 0. The van der Waals surface area contributed by atoms with Crippen LogP contribution in [0.5, 0.6) is 0 Å². The van der Waals surface area contributed by atoms with Crippen molar-refractivity contribution in [2.45, 2.75) is 12.8 Å². The Morgan fingerprint density at radius 3 is 2.35 bits per heavy atom. The Labute approximate surface area is 94.2 Å². The third-order valence-electron chi connectivity index (χ3n) is 1.76. The minimum Gasteiger partial charge on any atom is -0.253 e. The Morgan fingerprint density at radius 2 is 1.88 bits per heavy atom. The summed E-state index contributed by atoms with van der Waals surface area (Å²) >= 11 is 0. The van der Waals surface area contributed by atoms with Gasteiger partial charge < -0.3 is 0 Å². The summed E-state index contributed by atoms with van der Waals surface area (Å²) in [5.74, 6) is -1.58. The molecular weight excluding hydrogens is 266 g/mol. The minimum absolute atomic E-state index is 0.537. The van der Waals surface area contributed by atoms with Gasteiger partial charge in [-0.2, -0.15) is 21.6 Å². The molecule has 2 N–H and O–H groups in total. The van der Waals surface area contributed by atoms with E-state index in [4.69, 9.17) is 0 Å². The van der Waals surface area contributed by atoms with Gasteiger partial charge in [0.25, 0.3) is 0 Å². The molecule has 1 rings (SSSR count). The van der Waals surface area contributed by atoms with Crippen LogP contribution in [-0.2, 0) is 27.3 Å². The quantitative estimate of drug-likeness (QED) is 0.850. The normalized spacial score (nSPS) is 12.8. The SMILES string of the molecule is NS(=O)(=O)OCc1cccc(C(F)(F)F)c1F. The van der Waals surface area contributed by atoms with Crippen LogP contribution in [0.4, 0.5) is 17.6 Å². The molecule has 0 aromatic heterocycles. The molecule has 0 saturated heterocycles. The third-order valence-corrected chi connectivity index (χ3v) is 2.21. The first-order chi connectivity index (χ1) is 7.61. The molecule has 0 amide bonds. The summed E-state index contributed by atoms with van der Waals surface area (Å²) < 4.78 is 75.0. The Kier molecular flexibility index (Phi) is 3.74. The Hall–Kier alpha value is -1.19. The average Bonchev–Trinajstić information content (AvgIpc) is 2.13. The summed E-state index contributed by atoms with van der Waals surface area (Å²) in [5.41, 5.74) is -2.04. The van der Waals surface area contributed by atoms with Gasteiger partial charge in [-0.25, -0.2) is 9.53 Å². The fourth-order valence-electron chi connectivity index (χ4n) is 1.06. The second-order valence-electron chi connectivity index (χ2n) is 3.03. The molecule has 9 heteroatoms. The first-order valence-electron chi connectivity index (χ1n) is 4.13. The molecule has 1 aromatic carbocycles. The van der Waals surface area contributed by atoms with Crippen molar-refractivity contribution in [2.24, 2.45) is 5.14 Å². The maximum absolute atomic E-state index is 13.3. The van der Waals surface area contributed by atoms with Gasteiger partial charge in [-0.05, 0) is 6.07 Å². The lowest BCUT2D eigenvalue weighted by Gasteiger charge is -2.10. The van der Waals surface area contributed by atoms with Gasteiger partial charge in [-0.1, -0.05) is 12.1 Å². The van der Waals surface area contributed by atoms with Gasteiger partial charge in [0.05, 0.1) is 12.2 Å². The number of hydrogen-bond acceptors (Lipinski definition) is 3. The smallest absolute Gasteiger partial charge is 0.253 e. The number of nitrogens with two attached hydrogens (primary N) is 1. The van der Waals surface area contributed by atoms with E-state index in [0.717, 1.165) is 12.1 Å². The van der Waals surface area contributed by atoms with Crippen molar-refractivity contribution in [2.75, 3.05) is 0 Å². The summed E-state index contributed by atoms with van der Waals surface area (Å²) in [6.07, 6.45) is -4.86. The average molecular weight is 273 g/mol. The van der Waals surface area contributed by atoms with Crippen molar-refractivity contribution in [1.82, 2.24) is 0 Å². The van der Waals surface area contributed by atoms with Gasteiger partial charge in [0.2, 0.25) is 0 Å². The molecule has 4 nitrogen and oxygen atoms in total. The molecule has 0 saturated carbocycles. The highest BCUT2D eigenvalue weighted by Crippen LogP contribution is 2.32. The Bertz CT molecular complexity index is 512. The van der Waals surface area contributed by atoms with Crippen molar-refractivity contribution in [3.05, 3.63) is 35.1 Å². The summed E-state index contributed by atoms with van der Waals surface area (Å²) in [5, 5.41) is 4.46. The standard InChI is InChI=1S/C8H7F4NO3S/c9-7-5(4-16-17(13,14)15)2-1-3-6(7)8(10,11)12/h1-3H,4H2,(H2,13,14,15). The second kappa shape index (κ2) is 4.59. The van der Waals surface area contributed by atoms with E-state index in [0.29, 0.717) is 6.07 Å². The van der Waals surface area contributed by atoms with Crippen LogP contribution in [0.15, 0.2) is 18.2 Å². The van der Waals surface area contributed by atoms with Gasteiger partial charge in [-0.15, -0.1) is 0 Å². The van der Waals surface area contributed by atoms with Crippen LogP contribution in [0.3, 0.4) is 0 Å². The van der Waals surface area contributed by atoms with Crippen LogP contribution >= 0.6 is 0 Å². The van der Waals surface area contributed by atoms with Crippen LogP contribution in [0.2, 0.25) is 0 Å². The molecule has 0 fully saturated rings. The summed E-state index contributed by atoms with van der Waals surface area (Å²) in [6, 6.07) is 2.44. The van der Waals surface area contributed by atoms with E-state index in [-0.39, 0.29) is 0 Å². The van der Waals surface area contributed by atoms with E-state index in [9.17, 15) is 26.0 Å². The number of halogens is 4. The van der Waals surface area contributed by atoms with Crippen LogP contribution in [0, 0.1) is 5.82 Å². The van der Waals surface area contributed by atoms with Crippen LogP contribution in [0.25, 0.3) is 0 Å². The predicted molar refractivity (Wildman–Crippen MR) is 49.3 cm³/mol. The van der Waals surface area contributed by atoms with E-state index in [1.54, 1.807) is 0 Å². The van der Waals surface area contributed by atoms with Gasteiger partial charge in [0, 0.05) is 5.56 Å². The number of benzene rings is 1. The molecule has 96 valence electrons. The van der Waals surface area contributed by atoms with E-state index in [2.05, 4.69) is 9.32 Å². The monoisotopic (exact) mass is 273 g/mol. The second-order valence-corrected chi connectivity index (χ2v) is 4.25. The van der Waals surface area contributed by atoms with Crippen LogP contribution in [0.1, 0.15) is 11.1 Å². The molecule has 17 heavy (non-hydrogen) atoms. The zero-order valence-corrected chi connectivity index (χ0v) is 8.98. The lowest BCUT2D eigenvalue weighted by atomic mass is 10.1. The molecule has 0 atom stereocenters. The molecule has 0 spiro atoms. The fourth-order valence-corrected chi connectivity index (χ4v) is 1.35. The number of alkyl halides is 3. The van der Waals surface area contributed by atoms with E-state index < -0.39 is 40.0 Å². The van der Waals surface area contributed by atoms with Crippen molar-refractivity contribution in [3.63, 3.8) is 0 Å². The third kappa shape index (κ3) is 3.95. The number of rotatable bonds is 3. The molecule has 0 aliphatic heterocycles. The zero-order valence-electron chi connectivity index (χ0n) is 8.16. The van der Waals surface area contributed by atoms with Gasteiger partial charge in [0.15, 0.2) is 0 Å². The highest BCUT2D eigenvalue weighted by atomic mass is 32.2. The molecule has 1 aromatic rings. The van der Waals surface area contributed by atoms with Crippen LogP contribution < -0.4 is 5.14 Å². The highest BCUT2D eigenvalue weighted by molar-refractivity contribution is 7.84. The van der Waals surface area contributed by atoms with Gasteiger partial charge in [-0.3, -0.25) is 4.18 Å². The molecular formula is C8H7F4NO3S. The first kappa shape index (κ1) is 13.9. The Morgan fingerprint density at radius 1 is 1.29 bits per heavy atom. The van der Waals surface area contributed by atoms with Gasteiger partial charge >= 0.3 is 16.5 Å². The lowest BCUT2D eigenvalue weighted by Crippen LogP contribution is -2.17. The topological polar surface area (TPSA) is 69.4 Å². The molecule has 0 radical (unpaired) electrons. The minimum atomic E-state index is -4.86. The largest absolute Gasteiger partial charge is 0.419 e. The van der Waals surface area contributed by atoms with Gasteiger partial charge in [0.1, 0.15) is 5.82 Å². The molecule has 0 unspecified atom stereocenters. The highest BCUT2D eigenvalue weighted by Gasteiger charge is 2.34. The number of hydrogen-bond donors (Lipinski definition) is 1. The maximum Gasteiger partial charge on any atom is 0.419 e.